The van der Waals surface area contributed by atoms with E-state index in [1.54, 1.807) is 20.3 Å². The predicted molar refractivity (Wildman–Crippen MR) is 64.0 cm³/mol. The maximum absolute atomic E-state index is 5.70. The monoisotopic (exact) mass is 218 g/mol. The van der Waals surface area contributed by atoms with Gasteiger partial charge in [-0.25, -0.2) is 0 Å². The lowest BCUT2D eigenvalue weighted by atomic mass is 10.1. The van der Waals surface area contributed by atoms with E-state index in [1.165, 1.54) is 0 Å². The van der Waals surface area contributed by atoms with Crippen LogP contribution < -0.4 is 15.2 Å². The van der Waals surface area contributed by atoms with Crippen molar-refractivity contribution in [2.75, 3.05) is 20.0 Å². The summed E-state index contributed by atoms with van der Waals surface area (Å²) in [7, 11) is 3.23. The van der Waals surface area contributed by atoms with Crippen LogP contribution in [0.2, 0.25) is 0 Å². The Kier molecular flexibility index (Phi) is 2.56. The Hall–Kier alpha value is -1.97. The summed E-state index contributed by atoms with van der Waals surface area (Å²) in [4.78, 5) is 4.13. The highest BCUT2D eigenvalue weighted by atomic mass is 16.5. The topological polar surface area (TPSA) is 57.4 Å². The van der Waals surface area contributed by atoms with Gasteiger partial charge in [-0.05, 0) is 36.1 Å². The molecule has 84 valence electrons. The number of nitrogens with two attached hydrogens (primary N) is 1. The zero-order valence-electron chi connectivity index (χ0n) is 9.57. The fourth-order valence-electron chi connectivity index (χ4n) is 1.75. The third-order valence-electron chi connectivity index (χ3n) is 2.52. The van der Waals surface area contributed by atoms with Crippen LogP contribution in [-0.2, 0) is 0 Å². The number of aryl methyl sites for hydroxylation is 1. The number of methoxy groups -OCH3 is 2. The van der Waals surface area contributed by atoms with Crippen LogP contribution >= 0.6 is 0 Å². The standard InChI is InChI=1S/C12H14N2O2/c1-7-4-9-8(5-10(7)15-2)6-11(13)14-12(9)16-3/h4-6H,1-3H3,(H2,13,14). The van der Waals surface area contributed by atoms with Gasteiger partial charge in [-0.15, -0.1) is 0 Å². The molecule has 0 aliphatic heterocycles. The highest BCUT2D eigenvalue weighted by molar-refractivity contribution is 5.90. The van der Waals surface area contributed by atoms with Gasteiger partial charge >= 0.3 is 0 Å². The number of ether oxygens (including phenoxy) is 2. The van der Waals surface area contributed by atoms with Crippen LogP contribution in [0.1, 0.15) is 5.56 Å². The highest BCUT2D eigenvalue weighted by Crippen LogP contribution is 2.31. The van der Waals surface area contributed by atoms with Crippen LogP contribution in [0.25, 0.3) is 10.8 Å². The fraction of sp³-hybridized carbons (Fsp3) is 0.250. The number of benzene rings is 1. The molecule has 4 nitrogen and oxygen atoms in total. The minimum Gasteiger partial charge on any atom is -0.496 e. The van der Waals surface area contributed by atoms with Gasteiger partial charge in [-0.1, -0.05) is 0 Å². The van der Waals surface area contributed by atoms with Gasteiger partial charge in [0.25, 0.3) is 0 Å². The van der Waals surface area contributed by atoms with Gasteiger partial charge in [0, 0.05) is 5.39 Å². The Bertz CT molecular complexity index is 538. The molecule has 0 fully saturated rings. The number of aromatic nitrogens is 1. The van der Waals surface area contributed by atoms with Gasteiger partial charge in [0.2, 0.25) is 5.88 Å². The first kappa shape index (κ1) is 10.5. The van der Waals surface area contributed by atoms with E-state index in [1.807, 2.05) is 19.1 Å². The second-order valence-electron chi connectivity index (χ2n) is 3.60. The van der Waals surface area contributed by atoms with E-state index in [9.17, 15) is 0 Å². The number of nitrogen functional groups attached to an aromatic ring is 1. The van der Waals surface area contributed by atoms with E-state index < -0.39 is 0 Å². The predicted octanol–water partition coefficient (Wildman–Crippen LogP) is 2.14. The van der Waals surface area contributed by atoms with Crippen molar-refractivity contribution in [2.45, 2.75) is 6.92 Å². The molecule has 0 spiro atoms. The molecular formula is C12H14N2O2. The molecule has 0 radical (unpaired) electrons. The minimum atomic E-state index is 0.440. The van der Waals surface area contributed by atoms with Gasteiger partial charge in [0.1, 0.15) is 11.6 Å². The number of nitrogens with zero attached hydrogens (tertiary/aromatic N) is 1. The van der Waals surface area contributed by atoms with Crippen LogP contribution in [0.15, 0.2) is 18.2 Å². The summed E-state index contributed by atoms with van der Waals surface area (Å²) >= 11 is 0. The molecule has 2 N–H and O–H groups in total. The van der Waals surface area contributed by atoms with E-state index in [0.29, 0.717) is 11.7 Å². The maximum Gasteiger partial charge on any atom is 0.223 e. The second kappa shape index (κ2) is 3.89. The number of hydrogen-bond donors (Lipinski definition) is 1. The Balaban J connectivity index is 2.79. The molecule has 0 saturated heterocycles. The molecule has 0 amide bonds. The molecule has 0 unspecified atom stereocenters. The van der Waals surface area contributed by atoms with Gasteiger partial charge in [-0.3, -0.25) is 0 Å². The number of pyridine rings is 1. The molecule has 0 bridgehead atoms. The van der Waals surface area contributed by atoms with E-state index in [2.05, 4.69) is 4.98 Å². The Morgan fingerprint density at radius 3 is 2.50 bits per heavy atom. The Labute approximate surface area is 94.0 Å². The summed E-state index contributed by atoms with van der Waals surface area (Å²) < 4.78 is 10.5. The van der Waals surface area contributed by atoms with E-state index in [0.717, 1.165) is 22.1 Å². The van der Waals surface area contributed by atoms with Crippen molar-refractivity contribution < 1.29 is 9.47 Å². The smallest absolute Gasteiger partial charge is 0.223 e. The van der Waals surface area contributed by atoms with Crippen molar-refractivity contribution in [1.29, 1.82) is 0 Å². The molecule has 1 aromatic carbocycles. The molecule has 2 aromatic rings. The van der Waals surface area contributed by atoms with Gasteiger partial charge in [-0.2, -0.15) is 4.98 Å². The Morgan fingerprint density at radius 2 is 1.88 bits per heavy atom. The third kappa shape index (κ3) is 1.62. The largest absolute Gasteiger partial charge is 0.496 e. The summed E-state index contributed by atoms with van der Waals surface area (Å²) in [6, 6.07) is 5.73. The van der Waals surface area contributed by atoms with E-state index in [-0.39, 0.29) is 0 Å². The summed E-state index contributed by atoms with van der Waals surface area (Å²) in [5, 5.41) is 1.90. The van der Waals surface area contributed by atoms with E-state index >= 15 is 0 Å². The zero-order valence-corrected chi connectivity index (χ0v) is 9.57. The maximum atomic E-state index is 5.70. The number of hydrogen-bond acceptors (Lipinski definition) is 4. The lowest BCUT2D eigenvalue weighted by Gasteiger charge is -2.10. The molecule has 2 rings (SSSR count). The van der Waals surface area contributed by atoms with Crippen molar-refractivity contribution in [3.05, 3.63) is 23.8 Å². The highest BCUT2D eigenvalue weighted by Gasteiger charge is 2.08. The van der Waals surface area contributed by atoms with Crippen molar-refractivity contribution in [3.8, 4) is 11.6 Å². The van der Waals surface area contributed by atoms with Crippen LogP contribution in [0.3, 0.4) is 0 Å². The molecule has 0 saturated carbocycles. The van der Waals surface area contributed by atoms with Crippen LogP contribution in [0.5, 0.6) is 11.6 Å². The van der Waals surface area contributed by atoms with Crippen molar-refractivity contribution in [2.24, 2.45) is 0 Å². The quantitative estimate of drug-likeness (QED) is 0.839. The van der Waals surface area contributed by atoms with Crippen molar-refractivity contribution in [3.63, 3.8) is 0 Å². The molecule has 0 aliphatic carbocycles. The van der Waals surface area contributed by atoms with E-state index in [4.69, 9.17) is 15.2 Å². The second-order valence-corrected chi connectivity index (χ2v) is 3.60. The van der Waals surface area contributed by atoms with Crippen molar-refractivity contribution >= 4 is 16.6 Å². The van der Waals surface area contributed by atoms with Crippen molar-refractivity contribution in [1.82, 2.24) is 4.98 Å². The molecular weight excluding hydrogens is 204 g/mol. The lowest BCUT2D eigenvalue weighted by molar-refractivity contribution is 0.403. The average Bonchev–Trinajstić information content (AvgIpc) is 2.28. The molecule has 4 heteroatoms. The fourth-order valence-corrected chi connectivity index (χ4v) is 1.75. The normalized spacial score (nSPS) is 10.4. The van der Waals surface area contributed by atoms with Crippen LogP contribution in [-0.4, -0.2) is 19.2 Å². The number of anilines is 1. The number of rotatable bonds is 2. The minimum absolute atomic E-state index is 0.440. The Morgan fingerprint density at radius 1 is 1.12 bits per heavy atom. The van der Waals surface area contributed by atoms with Crippen LogP contribution in [0.4, 0.5) is 5.82 Å². The first-order chi connectivity index (χ1) is 7.65. The average molecular weight is 218 g/mol. The van der Waals surface area contributed by atoms with Gasteiger partial charge in [0.15, 0.2) is 0 Å². The van der Waals surface area contributed by atoms with Gasteiger partial charge in [0.05, 0.1) is 14.2 Å². The van der Waals surface area contributed by atoms with Gasteiger partial charge < -0.3 is 15.2 Å². The molecule has 0 atom stereocenters. The summed E-state index contributed by atoms with van der Waals surface area (Å²) in [5.41, 5.74) is 6.74. The molecule has 1 heterocycles. The zero-order chi connectivity index (χ0) is 11.7. The first-order valence-corrected chi connectivity index (χ1v) is 4.94. The summed E-state index contributed by atoms with van der Waals surface area (Å²) in [5.74, 6) is 1.82. The molecule has 0 aliphatic rings. The lowest BCUT2D eigenvalue weighted by Crippen LogP contribution is -1.96. The summed E-state index contributed by atoms with van der Waals surface area (Å²) in [6.07, 6.45) is 0. The van der Waals surface area contributed by atoms with Crippen LogP contribution in [0, 0.1) is 6.92 Å². The molecule has 16 heavy (non-hydrogen) atoms. The SMILES string of the molecule is COc1cc2cc(N)nc(OC)c2cc1C. The summed E-state index contributed by atoms with van der Waals surface area (Å²) in [6.45, 7) is 1.98. The third-order valence-corrected chi connectivity index (χ3v) is 2.52. The number of fused-ring (bicyclic) bond motifs is 1. The first-order valence-electron chi connectivity index (χ1n) is 4.94. The molecule has 1 aromatic heterocycles.